The number of aliphatic hydroxyl groups is 1. The summed E-state index contributed by atoms with van der Waals surface area (Å²) in [6, 6.07) is 1.70. The Kier molecular flexibility index (Phi) is 3.99. The highest BCUT2D eigenvalue weighted by molar-refractivity contribution is 5.69. The van der Waals surface area contributed by atoms with Crippen LogP contribution in [0.25, 0.3) is 0 Å². The lowest BCUT2D eigenvalue weighted by molar-refractivity contribution is 0.0149. The molecule has 1 heterocycles. The number of aliphatic hydroxyl groups excluding tert-OH is 1. The van der Waals surface area contributed by atoms with E-state index in [0.29, 0.717) is 6.42 Å². The van der Waals surface area contributed by atoms with E-state index in [9.17, 15) is 9.90 Å². The maximum absolute atomic E-state index is 11.9. The van der Waals surface area contributed by atoms with Crippen molar-refractivity contribution in [1.82, 2.24) is 4.90 Å². The predicted molar refractivity (Wildman–Crippen MR) is 62.1 cm³/mol. The Morgan fingerprint density at radius 3 is 2.59 bits per heavy atom. The van der Waals surface area contributed by atoms with Crippen molar-refractivity contribution in [2.75, 3.05) is 6.54 Å². The lowest BCUT2D eigenvalue weighted by Gasteiger charge is -2.28. The van der Waals surface area contributed by atoms with Crippen LogP contribution in [0.1, 0.15) is 34.1 Å². The van der Waals surface area contributed by atoms with Crippen molar-refractivity contribution < 1.29 is 14.6 Å². The number of hydrogen-bond acceptors (Lipinski definition) is 4. The second-order valence-electron chi connectivity index (χ2n) is 5.33. The maximum atomic E-state index is 11.9. The van der Waals surface area contributed by atoms with Crippen LogP contribution in [0, 0.1) is 17.2 Å². The highest BCUT2D eigenvalue weighted by atomic mass is 16.6. The van der Waals surface area contributed by atoms with Crippen molar-refractivity contribution in [1.29, 1.82) is 5.26 Å². The van der Waals surface area contributed by atoms with Gasteiger partial charge in [-0.3, -0.25) is 0 Å². The summed E-state index contributed by atoms with van der Waals surface area (Å²) in [5, 5.41) is 18.8. The number of likely N-dealkylation sites (tertiary alicyclic amines) is 1. The normalized spacial score (nSPS) is 28.9. The first kappa shape index (κ1) is 13.8. The average Bonchev–Trinajstić information content (AvgIpc) is 2.52. The van der Waals surface area contributed by atoms with E-state index >= 15 is 0 Å². The Hall–Kier alpha value is -1.28. The zero-order chi connectivity index (χ0) is 13.2. The van der Waals surface area contributed by atoms with Crippen molar-refractivity contribution in [2.24, 2.45) is 5.92 Å². The van der Waals surface area contributed by atoms with Crippen molar-refractivity contribution >= 4 is 6.09 Å². The SMILES string of the molecule is CCC1C(O)C(C#N)CN1C(=O)OC(C)(C)C. The van der Waals surface area contributed by atoms with Gasteiger partial charge in [-0.25, -0.2) is 4.79 Å². The quantitative estimate of drug-likeness (QED) is 0.754. The average molecular weight is 240 g/mol. The molecule has 5 heteroatoms. The van der Waals surface area contributed by atoms with Crippen LogP contribution in [-0.2, 0) is 4.74 Å². The molecule has 1 saturated heterocycles. The van der Waals surface area contributed by atoms with E-state index in [1.165, 1.54) is 4.90 Å². The summed E-state index contributed by atoms with van der Waals surface area (Å²) in [7, 11) is 0. The van der Waals surface area contributed by atoms with E-state index in [1.54, 1.807) is 20.8 Å². The van der Waals surface area contributed by atoms with Crippen LogP contribution in [0.2, 0.25) is 0 Å². The predicted octanol–water partition coefficient (Wildman–Crippen LogP) is 1.52. The molecule has 0 aromatic rings. The van der Waals surface area contributed by atoms with Gasteiger partial charge in [0, 0.05) is 6.54 Å². The first-order valence-electron chi connectivity index (χ1n) is 5.87. The fourth-order valence-electron chi connectivity index (χ4n) is 2.02. The van der Waals surface area contributed by atoms with Crippen LogP contribution < -0.4 is 0 Å². The van der Waals surface area contributed by atoms with E-state index in [0.717, 1.165) is 0 Å². The minimum absolute atomic E-state index is 0.241. The third kappa shape index (κ3) is 3.10. The van der Waals surface area contributed by atoms with E-state index < -0.39 is 23.7 Å². The number of carbonyl (C=O) groups excluding carboxylic acids is 1. The molecule has 3 unspecified atom stereocenters. The summed E-state index contributed by atoms with van der Waals surface area (Å²) in [4.78, 5) is 13.4. The smallest absolute Gasteiger partial charge is 0.410 e. The fraction of sp³-hybridized carbons (Fsp3) is 0.833. The molecule has 0 aromatic carbocycles. The Bertz CT molecular complexity index is 330. The Labute approximate surface area is 102 Å². The van der Waals surface area contributed by atoms with Crippen LogP contribution >= 0.6 is 0 Å². The number of nitriles is 1. The van der Waals surface area contributed by atoms with Gasteiger partial charge in [0.15, 0.2) is 0 Å². The Morgan fingerprint density at radius 2 is 2.18 bits per heavy atom. The van der Waals surface area contributed by atoms with Gasteiger partial charge in [-0.2, -0.15) is 5.26 Å². The van der Waals surface area contributed by atoms with E-state index in [1.807, 2.05) is 13.0 Å². The second kappa shape index (κ2) is 4.92. The van der Waals surface area contributed by atoms with Gasteiger partial charge in [-0.15, -0.1) is 0 Å². The van der Waals surface area contributed by atoms with Crippen molar-refractivity contribution in [3.05, 3.63) is 0 Å². The van der Waals surface area contributed by atoms with Gasteiger partial charge < -0.3 is 14.7 Å². The number of rotatable bonds is 1. The van der Waals surface area contributed by atoms with Gasteiger partial charge in [-0.05, 0) is 27.2 Å². The molecule has 0 bridgehead atoms. The summed E-state index contributed by atoms with van der Waals surface area (Å²) in [5.41, 5.74) is -0.564. The molecule has 1 aliphatic rings. The summed E-state index contributed by atoms with van der Waals surface area (Å²) in [5.74, 6) is -0.521. The number of carbonyl (C=O) groups is 1. The minimum Gasteiger partial charge on any atom is -0.444 e. The second-order valence-corrected chi connectivity index (χ2v) is 5.33. The van der Waals surface area contributed by atoms with Gasteiger partial charge >= 0.3 is 6.09 Å². The van der Waals surface area contributed by atoms with E-state index in [4.69, 9.17) is 10.00 Å². The molecular weight excluding hydrogens is 220 g/mol. The standard InChI is InChI=1S/C12H20N2O3/c1-5-9-10(15)8(6-13)7-14(9)11(16)17-12(2,3)4/h8-10,15H,5,7H2,1-4H3. The fourth-order valence-corrected chi connectivity index (χ4v) is 2.02. The van der Waals surface area contributed by atoms with Gasteiger partial charge in [0.05, 0.1) is 24.1 Å². The minimum atomic E-state index is -0.780. The number of ether oxygens (including phenoxy) is 1. The largest absolute Gasteiger partial charge is 0.444 e. The molecule has 0 aromatic heterocycles. The lowest BCUT2D eigenvalue weighted by Crippen LogP contribution is -2.42. The highest BCUT2D eigenvalue weighted by Gasteiger charge is 2.43. The van der Waals surface area contributed by atoms with Crippen LogP contribution in [0.15, 0.2) is 0 Å². The van der Waals surface area contributed by atoms with E-state index in [-0.39, 0.29) is 12.6 Å². The molecule has 0 aliphatic carbocycles. The van der Waals surface area contributed by atoms with Crippen molar-refractivity contribution in [2.45, 2.75) is 51.9 Å². The van der Waals surface area contributed by atoms with Crippen molar-refractivity contribution in [3.8, 4) is 6.07 Å². The molecule has 0 spiro atoms. The van der Waals surface area contributed by atoms with Crippen LogP contribution in [0.5, 0.6) is 0 Å². The highest BCUT2D eigenvalue weighted by Crippen LogP contribution is 2.27. The number of nitrogens with zero attached hydrogens (tertiary/aromatic N) is 2. The molecule has 0 radical (unpaired) electrons. The zero-order valence-electron chi connectivity index (χ0n) is 10.8. The third-order valence-corrected chi connectivity index (χ3v) is 2.81. The van der Waals surface area contributed by atoms with Gasteiger partial charge in [0.2, 0.25) is 0 Å². The molecule has 17 heavy (non-hydrogen) atoms. The van der Waals surface area contributed by atoms with Crippen LogP contribution in [0.4, 0.5) is 4.79 Å². The number of amides is 1. The molecular formula is C12H20N2O3. The molecule has 5 nitrogen and oxygen atoms in total. The van der Waals surface area contributed by atoms with E-state index in [2.05, 4.69) is 0 Å². The molecule has 1 amide bonds. The first-order valence-corrected chi connectivity index (χ1v) is 5.87. The van der Waals surface area contributed by atoms with Gasteiger partial charge in [0.25, 0.3) is 0 Å². The number of hydrogen-bond donors (Lipinski definition) is 1. The lowest BCUT2D eigenvalue weighted by atomic mass is 10.0. The molecule has 1 N–H and O–H groups in total. The first-order chi connectivity index (χ1) is 7.80. The van der Waals surface area contributed by atoms with Gasteiger partial charge in [0.1, 0.15) is 5.60 Å². The molecule has 0 saturated carbocycles. The summed E-state index contributed by atoms with van der Waals surface area (Å²) >= 11 is 0. The molecule has 96 valence electrons. The monoisotopic (exact) mass is 240 g/mol. The topological polar surface area (TPSA) is 73.6 Å². The molecule has 1 fully saturated rings. The third-order valence-electron chi connectivity index (χ3n) is 2.81. The molecule has 1 aliphatic heterocycles. The summed E-state index contributed by atoms with van der Waals surface area (Å²) in [6.07, 6.45) is -0.628. The molecule has 3 atom stereocenters. The van der Waals surface area contributed by atoms with Crippen LogP contribution in [-0.4, -0.2) is 40.4 Å². The summed E-state index contributed by atoms with van der Waals surface area (Å²) in [6.45, 7) is 7.50. The van der Waals surface area contributed by atoms with Crippen LogP contribution in [0.3, 0.4) is 0 Å². The summed E-state index contributed by atoms with van der Waals surface area (Å²) < 4.78 is 5.26. The van der Waals surface area contributed by atoms with Crippen molar-refractivity contribution in [3.63, 3.8) is 0 Å². The molecule has 1 rings (SSSR count). The van der Waals surface area contributed by atoms with Gasteiger partial charge in [-0.1, -0.05) is 6.92 Å². The maximum Gasteiger partial charge on any atom is 0.410 e. The zero-order valence-corrected chi connectivity index (χ0v) is 10.8. The Morgan fingerprint density at radius 1 is 1.59 bits per heavy atom. The Balaban J connectivity index is 2.77.